The monoisotopic (exact) mass is 380 g/mol. The molecular weight excluding hydrogens is 356 g/mol. The predicted molar refractivity (Wildman–Crippen MR) is 94.7 cm³/mol. The first-order valence-electron chi connectivity index (χ1n) is 9.18. The molecule has 0 saturated carbocycles. The quantitative estimate of drug-likeness (QED) is 0.800. The summed E-state index contributed by atoms with van der Waals surface area (Å²) in [5, 5.41) is 4.73. The van der Waals surface area contributed by atoms with E-state index in [-0.39, 0.29) is 23.5 Å². The highest BCUT2D eigenvalue weighted by molar-refractivity contribution is 7.91. The van der Waals surface area contributed by atoms with Gasteiger partial charge in [0, 0.05) is 25.6 Å². The molecule has 8 nitrogen and oxygen atoms in total. The lowest BCUT2D eigenvalue weighted by molar-refractivity contribution is 0.0835. The molecule has 0 unspecified atom stereocenters. The Bertz CT molecular complexity index is 896. The number of sulfone groups is 1. The van der Waals surface area contributed by atoms with Crippen molar-refractivity contribution in [2.75, 3.05) is 24.7 Å². The predicted octanol–water partition coefficient (Wildman–Crippen LogP) is 2.06. The number of ether oxygens (including phenoxy) is 1. The molecule has 0 spiro atoms. The van der Waals surface area contributed by atoms with Gasteiger partial charge in [0.2, 0.25) is 0 Å². The molecule has 142 valence electrons. The molecule has 2 fully saturated rings. The molecule has 2 aliphatic heterocycles. The van der Waals surface area contributed by atoms with Crippen LogP contribution in [0.3, 0.4) is 0 Å². The summed E-state index contributed by atoms with van der Waals surface area (Å²) < 4.78 is 37.0. The smallest absolute Gasteiger partial charge is 0.196 e. The van der Waals surface area contributed by atoms with Crippen molar-refractivity contribution >= 4 is 9.84 Å². The van der Waals surface area contributed by atoms with Crippen molar-refractivity contribution in [3.05, 3.63) is 17.4 Å². The van der Waals surface area contributed by atoms with Crippen molar-refractivity contribution in [2.45, 2.75) is 51.5 Å². The maximum absolute atomic E-state index is 12.0. The Labute approximate surface area is 152 Å². The van der Waals surface area contributed by atoms with Crippen molar-refractivity contribution in [1.29, 1.82) is 0 Å². The number of rotatable bonds is 4. The van der Waals surface area contributed by atoms with Gasteiger partial charge in [0.15, 0.2) is 33.1 Å². The molecule has 2 aliphatic rings. The number of oxazole rings is 1. The Morgan fingerprint density at radius 2 is 1.96 bits per heavy atom. The second kappa shape index (κ2) is 6.77. The van der Waals surface area contributed by atoms with Crippen LogP contribution in [0.4, 0.5) is 0 Å². The fourth-order valence-electron chi connectivity index (χ4n) is 3.66. The third kappa shape index (κ3) is 3.29. The second-order valence-corrected chi connectivity index (χ2v) is 9.29. The summed E-state index contributed by atoms with van der Waals surface area (Å²) >= 11 is 0. The van der Waals surface area contributed by atoms with Gasteiger partial charge in [-0.15, -0.1) is 0 Å². The van der Waals surface area contributed by atoms with Crippen LogP contribution in [0, 0.1) is 6.92 Å². The lowest BCUT2D eigenvalue weighted by atomic mass is 10.00. The van der Waals surface area contributed by atoms with E-state index in [4.69, 9.17) is 19.2 Å². The van der Waals surface area contributed by atoms with Crippen LogP contribution in [-0.2, 0) is 21.0 Å². The van der Waals surface area contributed by atoms with Gasteiger partial charge in [0.1, 0.15) is 0 Å². The molecule has 4 rings (SSSR count). The third-order valence-corrected chi connectivity index (χ3v) is 6.89. The zero-order valence-electron chi connectivity index (χ0n) is 15.1. The highest BCUT2D eigenvalue weighted by Crippen LogP contribution is 2.33. The number of aromatic nitrogens is 4. The van der Waals surface area contributed by atoms with E-state index in [2.05, 4.69) is 4.98 Å². The number of hydrogen-bond acceptors (Lipinski definition) is 7. The van der Waals surface area contributed by atoms with Crippen LogP contribution in [0.1, 0.15) is 55.6 Å². The molecule has 2 aromatic heterocycles. The first kappa shape index (κ1) is 17.7. The van der Waals surface area contributed by atoms with Crippen LogP contribution >= 0.6 is 0 Å². The highest BCUT2D eigenvalue weighted by Gasteiger charge is 2.34. The molecule has 9 heteroatoms. The molecule has 0 N–H and O–H groups in total. The summed E-state index contributed by atoms with van der Waals surface area (Å²) in [5.41, 5.74) is 0.759. The SMILES string of the molecule is CCc1nc(C)c(-c2nc(C3CCOCC3)nn2[C@H]2CCS(=O)(=O)C2)o1. The number of hydrogen-bond donors (Lipinski definition) is 0. The standard InChI is InChI=1S/C17H24N4O4S/c1-3-14-18-11(2)15(25-14)17-19-16(12-4-7-24-8-5-12)20-21(17)13-6-9-26(22,23)10-13/h12-13H,3-10H2,1-2H3/t13-/m0/s1. The van der Waals surface area contributed by atoms with Gasteiger partial charge < -0.3 is 9.15 Å². The maximum atomic E-state index is 12.0. The van der Waals surface area contributed by atoms with Crippen LogP contribution in [0.5, 0.6) is 0 Å². The van der Waals surface area contributed by atoms with E-state index in [1.165, 1.54) is 0 Å². The van der Waals surface area contributed by atoms with Gasteiger partial charge in [-0.1, -0.05) is 6.92 Å². The fourth-order valence-corrected chi connectivity index (χ4v) is 5.35. The summed E-state index contributed by atoms with van der Waals surface area (Å²) in [5.74, 6) is 3.12. The van der Waals surface area contributed by atoms with E-state index in [1.54, 1.807) is 4.68 Å². The van der Waals surface area contributed by atoms with E-state index >= 15 is 0 Å². The zero-order valence-corrected chi connectivity index (χ0v) is 16.0. The molecule has 1 atom stereocenters. The largest absolute Gasteiger partial charge is 0.437 e. The summed E-state index contributed by atoms with van der Waals surface area (Å²) in [6.07, 6.45) is 3.00. The van der Waals surface area contributed by atoms with Gasteiger partial charge in [-0.3, -0.25) is 0 Å². The first-order chi connectivity index (χ1) is 12.5. The first-order valence-corrected chi connectivity index (χ1v) is 11.0. The zero-order chi connectivity index (χ0) is 18.3. The van der Waals surface area contributed by atoms with Gasteiger partial charge in [-0.2, -0.15) is 5.10 Å². The summed E-state index contributed by atoms with van der Waals surface area (Å²) in [4.78, 5) is 9.21. The second-order valence-electron chi connectivity index (χ2n) is 7.06. The van der Waals surface area contributed by atoms with E-state index in [1.807, 2.05) is 13.8 Å². The van der Waals surface area contributed by atoms with Crippen LogP contribution < -0.4 is 0 Å². The van der Waals surface area contributed by atoms with E-state index in [9.17, 15) is 8.42 Å². The van der Waals surface area contributed by atoms with Crippen LogP contribution in [0.15, 0.2) is 4.42 Å². The molecule has 26 heavy (non-hydrogen) atoms. The van der Waals surface area contributed by atoms with Gasteiger partial charge in [-0.25, -0.2) is 23.1 Å². The van der Waals surface area contributed by atoms with Crippen molar-refractivity contribution in [3.8, 4) is 11.6 Å². The van der Waals surface area contributed by atoms with E-state index < -0.39 is 9.84 Å². The summed E-state index contributed by atoms with van der Waals surface area (Å²) in [6.45, 7) is 5.27. The number of nitrogens with zero attached hydrogens (tertiary/aromatic N) is 4. The lowest BCUT2D eigenvalue weighted by Gasteiger charge is -2.19. The molecular formula is C17H24N4O4S. The minimum atomic E-state index is -3.02. The minimum absolute atomic E-state index is 0.102. The van der Waals surface area contributed by atoms with Gasteiger partial charge in [0.25, 0.3) is 0 Å². The minimum Gasteiger partial charge on any atom is -0.437 e. The highest BCUT2D eigenvalue weighted by atomic mass is 32.2. The molecule has 0 bridgehead atoms. The molecule has 2 aromatic rings. The fraction of sp³-hybridized carbons (Fsp3) is 0.706. The van der Waals surface area contributed by atoms with Crippen LogP contribution in [0.2, 0.25) is 0 Å². The summed E-state index contributed by atoms with van der Waals surface area (Å²) in [7, 11) is -3.02. The molecule has 0 aromatic carbocycles. The number of aryl methyl sites for hydroxylation is 2. The lowest BCUT2D eigenvalue weighted by Crippen LogP contribution is -2.17. The average molecular weight is 380 g/mol. The normalized spacial score (nSPS) is 23.5. The average Bonchev–Trinajstić information content (AvgIpc) is 3.31. The van der Waals surface area contributed by atoms with Crippen molar-refractivity contribution < 1.29 is 17.6 Å². The topological polar surface area (TPSA) is 100 Å². The van der Waals surface area contributed by atoms with Crippen molar-refractivity contribution in [3.63, 3.8) is 0 Å². The Morgan fingerprint density at radius 1 is 1.19 bits per heavy atom. The van der Waals surface area contributed by atoms with Gasteiger partial charge >= 0.3 is 0 Å². The molecule has 0 aliphatic carbocycles. The molecule has 2 saturated heterocycles. The Kier molecular flexibility index (Phi) is 4.60. The van der Waals surface area contributed by atoms with Gasteiger partial charge in [-0.05, 0) is 26.2 Å². The Morgan fingerprint density at radius 3 is 2.58 bits per heavy atom. The molecule has 4 heterocycles. The molecule has 0 amide bonds. The maximum Gasteiger partial charge on any atom is 0.196 e. The Hall–Kier alpha value is -1.74. The Balaban J connectivity index is 1.77. The third-order valence-electron chi connectivity index (χ3n) is 5.13. The summed E-state index contributed by atoms with van der Waals surface area (Å²) in [6, 6.07) is -0.203. The van der Waals surface area contributed by atoms with Crippen LogP contribution in [-0.4, -0.2) is 52.9 Å². The van der Waals surface area contributed by atoms with Crippen LogP contribution in [0.25, 0.3) is 11.6 Å². The van der Waals surface area contributed by atoms with Crippen molar-refractivity contribution in [2.24, 2.45) is 0 Å². The van der Waals surface area contributed by atoms with E-state index in [0.717, 1.165) is 24.4 Å². The van der Waals surface area contributed by atoms with Gasteiger partial charge in [0.05, 0.1) is 23.2 Å². The van der Waals surface area contributed by atoms with E-state index in [0.29, 0.717) is 43.5 Å². The van der Waals surface area contributed by atoms with Crippen molar-refractivity contribution in [1.82, 2.24) is 19.7 Å². The molecule has 0 radical (unpaired) electrons.